The van der Waals surface area contributed by atoms with Crippen LogP contribution in [0.1, 0.15) is 90.4 Å². The molecule has 7 rings (SSSR count). The van der Waals surface area contributed by atoms with Crippen LogP contribution in [0.2, 0.25) is 0 Å². The van der Waals surface area contributed by atoms with Crippen LogP contribution in [-0.2, 0) is 42.7 Å². The maximum atomic E-state index is 13.7. The largest absolute Gasteiger partial charge is 0.394 e. The number of Topliss-reactive ketones (excluding diaryl/α,β-unsaturated/α-hetero) is 2. The van der Waals surface area contributed by atoms with Crippen LogP contribution in [0.3, 0.4) is 0 Å². The summed E-state index contributed by atoms with van der Waals surface area (Å²) in [5.74, 6) is -0.438. The summed E-state index contributed by atoms with van der Waals surface area (Å²) >= 11 is 0. The van der Waals surface area contributed by atoms with E-state index in [1.165, 1.54) is 0 Å². The third-order valence-electron chi connectivity index (χ3n) is 12.0. The van der Waals surface area contributed by atoms with Gasteiger partial charge in [0.25, 0.3) is 0 Å². The molecule has 0 amide bonds. The summed E-state index contributed by atoms with van der Waals surface area (Å²) in [5.41, 5.74) is 1.89. The van der Waals surface area contributed by atoms with Crippen LogP contribution in [0.4, 0.5) is 0 Å². The molecule has 0 aliphatic carbocycles. The molecular weight excluding hydrogens is 676 g/mol. The molecule has 0 spiro atoms. The summed E-state index contributed by atoms with van der Waals surface area (Å²) in [6.45, 7) is 9.98. The zero-order valence-corrected chi connectivity index (χ0v) is 30.7. The lowest BCUT2D eigenvalue weighted by atomic mass is 9.82. The fraction of sp³-hybridized carbons (Fsp3) is 0.846. The Hall–Kier alpha value is -1.62. The Labute approximate surface area is 306 Å². The first-order valence-corrected chi connectivity index (χ1v) is 19.4. The average molecular weight is 737 g/mol. The van der Waals surface area contributed by atoms with Gasteiger partial charge in [0.05, 0.1) is 80.4 Å². The summed E-state index contributed by atoms with van der Waals surface area (Å²) in [6.07, 6.45) is -2.53. The van der Waals surface area contributed by atoms with Crippen molar-refractivity contribution < 1.29 is 63.2 Å². The highest BCUT2D eigenvalue weighted by molar-refractivity contribution is 5.79. The topological polar surface area (TPSA) is 180 Å². The van der Waals surface area contributed by atoms with E-state index in [9.17, 15) is 30.0 Å². The van der Waals surface area contributed by atoms with Gasteiger partial charge >= 0.3 is 0 Å². The van der Waals surface area contributed by atoms with Gasteiger partial charge in [-0.3, -0.25) is 9.59 Å². The second kappa shape index (κ2) is 17.9. The van der Waals surface area contributed by atoms with Gasteiger partial charge in [0.15, 0.2) is 0 Å². The molecule has 7 aliphatic rings. The van der Waals surface area contributed by atoms with Gasteiger partial charge in [-0.1, -0.05) is 13.2 Å². The van der Waals surface area contributed by atoms with Gasteiger partial charge in [-0.2, -0.15) is 0 Å². The van der Waals surface area contributed by atoms with Crippen LogP contribution < -0.4 is 0 Å². The smallest absolute Gasteiger partial charge is 0.135 e. The van der Waals surface area contributed by atoms with Gasteiger partial charge in [-0.25, -0.2) is 0 Å². The van der Waals surface area contributed by atoms with Crippen LogP contribution in [-0.4, -0.2) is 144 Å². The van der Waals surface area contributed by atoms with Crippen molar-refractivity contribution in [3.05, 3.63) is 24.3 Å². The van der Waals surface area contributed by atoms with Crippen molar-refractivity contribution in [3.8, 4) is 0 Å². The summed E-state index contributed by atoms with van der Waals surface area (Å²) < 4.78 is 44.0. The number of carbonyl (C=O) groups excluding carboxylic acids is 2. The Morgan fingerprint density at radius 3 is 2.25 bits per heavy atom. The summed E-state index contributed by atoms with van der Waals surface area (Å²) in [6, 6.07) is 0. The number of fused-ring (bicyclic) bond motifs is 8. The fourth-order valence-corrected chi connectivity index (χ4v) is 9.19. The van der Waals surface area contributed by atoms with Crippen molar-refractivity contribution in [3.63, 3.8) is 0 Å². The SMILES string of the molecule is C=C1CC2CCC(=O)CC3OC(C(C)O)C(OC4CCC(CC(=O)CC5C(OC)[C@@H](CC(O)CO)O[C@H]5C5O[C@H](CCC5=C)CCC1O2)OC4)C3O. The molecule has 7 saturated heterocycles. The summed E-state index contributed by atoms with van der Waals surface area (Å²) in [4.78, 5) is 26.8. The van der Waals surface area contributed by atoms with E-state index < -0.39 is 67.6 Å². The third-order valence-corrected chi connectivity index (χ3v) is 12.0. The number of carbonyl (C=O) groups is 2. The number of aliphatic hydroxyl groups excluding tert-OH is 4. The van der Waals surface area contributed by atoms with Crippen molar-refractivity contribution in [2.24, 2.45) is 5.92 Å². The van der Waals surface area contributed by atoms with Gasteiger partial charge < -0.3 is 53.6 Å². The Bertz CT molecular complexity index is 1250. The molecule has 13 unspecified atom stereocenters. The molecule has 0 aromatic carbocycles. The second-order valence-corrected chi connectivity index (χ2v) is 16.0. The Balaban J connectivity index is 1.20. The first-order chi connectivity index (χ1) is 24.9. The van der Waals surface area contributed by atoms with Crippen LogP contribution in [0.15, 0.2) is 24.3 Å². The van der Waals surface area contributed by atoms with Crippen LogP contribution in [0, 0.1) is 5.92 Å². The normalized spacial score (nSPS) is 43.9. The number of hydrogen-bond acceptors (Lipinski definition) is 13. The first-order valence-electron chi connectivity index (χ1n) is 19.4. The van der Waals surface area contributed by atoms with Gasteiger partial charge in [0.2, 0.25) is 0 Å². The number of aliphatic hydroxyl groups is 4. The minimum absolute atomic E-state index is 0.00962. The van der Waals surface area contributed by atoms with E-state index in [1.54, 1.807) is 14.0 Å². The molecule has 0 radical (unpaired) electrons. The Kier molecular flexibility index (Phi) is 13.8. The maximum absolute atomic E-state index is 13.7. The molecule has 13 heteroatoms. The number of ether oxygens (including phenoxy) is 7. The molecular formula is C39H60O13. The van der Waals surface area contributed by atoms with Gasteiger partial charge in [-0.15, -0.1) is 0 Å². The maximum Gasteiger partial charge on any atom is 0.135 e. The standard InChI is InChI=1S/C39H60O13/c1-20-5-7-26-11-12-31-21(2)13-28(48-31)8-6-23(42)16-32-34(45)39(36(51-32)22(3)41)50-29-10-9-27(47-19-29)14-24(43)15-30-37(46-4)33(17-25(44)18-40)52-38(30)35(20)49-26/h22,25-41,44-45H,1-2,5-19H2,3-4H3/t22?,25?,26-,27?,28?,29?,30?,31?,32?,33-,34?,35?,36?,37?,38-,39?/m1/s1. The molecule has 294 valence electrons. The molecule has 16 atom stereocenters. The van der Waals surface area contributed by atoms with E-state index in [1.807, 2.05) is 0 Å². The third kappa shape index (κ3) is 9.42. The molecule has 4 N–H and O–H groups in total. The van der Waals surface area contributed by atoms with Crippen LogP contribution in [0.5, 0.6) is 0 Å². The van der Waals surface area contributed by atoms with E-state index in [4.69, 9.17) is 33.2 Å². The van der Waals surface area contributed by atoms with E-state index in [2.05, 4.69) is 13.2 Å². The van der Waals surface area contributed by atoms with Crippen molar-refractivity contribution >= 4 is 11.6 Å². The molecule has 7 heterocycles. The number of hydrogen-bond donors (Lipinski definition) is 4. The molecule has 13 nitrogen and oxygen atoms in total. The van der Waals surface area contributed by atoms with Crippen LogP contribution in [0.25, 0.3) is 0 Å². The zero-order valence-electron chi connectivity index (χ0n) is 30.7. The number of rotatable bonds is 5. The van der Waals surface area contributed by atoms with Gasteiger partial charge in [0.1, 0.15) is 36.0 Å². The van der Waals surface area contributed by atoms with Crippen molar-refractivity contribution in [1.82, 2.24) is 0 Å². The van der Waals surface area contributed by atoms with Crippen molar-refractivity contribution in [1.29, 1.82) is 0 Å². The number of ketones is 2. The molecule has 8 bridgehead atoms. The Morgan fingerprint density at radius 1 is 0.788 bits per heavy atom. The fourth-order valence-electron chi connectivity index (χ4n) is 9.19. The van der Waals surface area contributed by atoms with Crippen LogP contribution >= 0.6 is 0 Å². The highest BCUT2D eigenvalue weighted by atomic mass is 16.6. The first kappa shape index (κ1) is 40.1. The molecule has 7 fully saturated rings. The monoisotopic (exact) mass is 736 g/mol. The second-order valence-electron chi connectivity index (χ2n) is 16.0. The lowest BCUT2D eigenvalue weighted by molar-refractivity contribution is -0.153. The predicted molar refractivity (Wildman–Crippen MR) is 186 cm³/mol. The van der Waals surface area contributed by atoms with E-state index in [-0.39, 0.29) is 86.7 Å². The summed E-state index contributed by atoms with van der Waals surface area (Å²) in [7, 11) is 1.57. The molecule has 0 saturated carbocycles. The lowest BCUT2D eigenvalue weighted by Gasteiger charge is -2.37. The quantitative estimate of drug-likeness (QED) is 0.303. The summed E-state index contributed by atoms with van der Waals surface area (Å²) in [5, 5.41) is 41.7. The van der Waals surface area contributed by atoms with Gasteiger partial charge in [-0.05, 0) is 69.4 Å². The number of methoxy groups -OCH3 is 1. The minimum atomic E-state index is -1.10. The van der Waals surface area contributed by atoms with E-state index in [0.29, 0.717) is 32.1 Å². The highest BCUT2D eigenvalue weighted by Crippen LogP contribution is 2.42. The minimum Gasteiger partial charge on any atom is -0.394 e. The van der Waals surface area contributed by atoms with Crippen molar-refractivity contribution in [2.75, 3.05) is 20.3 Å². The van der Waals surface area contributed by atoms with Crippen molar-refractivity contribution in [2.45, 2.75) is 182 Å². The van der Waals surface area contributed by atoms with Gasteiger partial charge in [0, 0.05) is 45.1 Å². The lowest BCUT2D eigenvalue weighted by Crippen LogP contribution is -2.45. The highest BCUT2D eigenvalue weighted by Gasteiger charge is 2.52. The molecule has 0 aromatic rings. The molecule has 7 aliphatic heterocycles. The zero-order chi connectivity index (χ0) is 37.1. The van der Waals surface area contributed by atoms with E-state index >= 15 is 0 Å². The Morgan fingerprint density at radius 2 is 1.54 bits per heavy atom. The van der Waals surface area contributed by atoms with E-state index in [0.717, 1.165) is 30.4 Å². The molecule has 52 heavy (non-hydrogen) atoms. The predicted octanol–water partition coefficient (Wildman–Crippen LogP) is 2.27. The average Bonchev–Trinajstić information content (AvgIpc) is 3.75. The molecule has 0 aromatic heterocycles.